The second kappa shape index (κ2) is 4.67. The minimum absolute atomic E-state index is 1.08. The highest BCUT2D eigenvalue weighted by molar-refractivity contribution is 5.55. The summed E-state index contributed by atoms with van der Waals surface area (Å²) in [5, 5.41) is 0. The summed E-state index contributed by atoms with van der Waals surface area (Å²) in [6.07, 6.45) is 10.2. The number of allylic oxidation sites excluding steroid dienone is 1. The van der Waals surface area contributed by atoms with Crippen LogP contribution in [0.3, 0.4) is 0 Å². The van der Waals surface area contributed by atoms with Gasteiger partial charge in [-0.2, -0.15) is 0 Å². The molecule has 0 aliphatic heterocycles. The predicted octanol–water partition coefficient (Wildman–Crippen LogP) is 2.82. The van der Waals surface area contributed by atoms with Gasteiger partial charge in [0, 0.05) is 18.4 Å². The van der Waals surface area contributed by atoms with Gasteiger partial charge in [-0.1, -0.05) is 13.0 Å². The van der Waals surface area contributed by atoms with Crippen LogP contribution in [0.4, 0.5) is 0 Å². The van der Waals surface area contributed by atoms with E-state index in [0.717, 1.165) is 6.54 Å². The second-order valence-electron chi connectivity index (χ2n) is 4.38. The predicted molar refractivity (Wildman–Crippen MR) is 64.8 cm³/mol. The molecule has 2 heteroatoms. The molecular formula is C13H20N2. The Bertz CT molecular complexity index is 349. The maximum absolute atomic E-state index is 3.36. The Kier molecular flexibility index (Phi) is 3.27. The number of aromatic nitrogens is 1. The van der Waals surface area contributed by atoms with E-state index >= 15 is 0 Å². The van der Waals surface area contributed by atoms with E-state index < -0.39 is 0 Å². The summed E-state index contributed by atoms with van der Waals surface area (Å²) < 4.78 is 0. The Labute approximate surface area is 92.0 Å². The Hall–Kier alpha value is -1.02. The van der Waals surface area contributed by atoms with Crippen LogP contribution < -0.4 is 0 Å². The van der Waals surface area contributed by atoms with Gasteiger partial charge in [0.2, 0.25) is 0 Å². The lowest BCUT2D eigenvalue weighted by Gasteiger charge is -2.16. The molecule has 1 heterocycles. The minimum Gasteiger partial charge on any atom is -0.361 e. The third-order valence-electron chi connectivity index (χ3n) is 3.01. The molecule has 1 aromatic rings. The van der Waals surface area contributed by atoms with Crippen molar-refractivity contribution in [2.24, 2.45) is 0 Å². The summed E-state index contributed by atoms with van der Waals surface area (Å²) in [6, 6.07) is 0. The fraction of sp³-hybridized carbons (Fsp3) is 0.538. The maximum Gasteiger partial charge on any atom is 0.0413 e. The largest absolute Gasteiger partial charge is 0.361 e. The van der Waals surface area contributed by atoms with Gasteiger partial charge >= 0.3 is 0 Å². The lowest BCUT2D eigenvalue weighted by Crippen LogP contribution is -2.19. The van der Waals surface area contributed by atoms with E-state index in [9.17, 15) is 0 Å². The molecule has 0 fully saturated rings. The fourth-order valence-corrected chi connectivity index (χ4v) is 2.28. The van der Waals surface area contributed by atoms with Crippen LogP contribution in [-0.2, 0) is 13.0 Å². The van der Waals surface area contributed by atoms with Crippen LogP contribution in [0.5, 0.6) is 0 Å². The lowest BCUT2D eigenvalue weighted by molar-refractivity contribution is 0.326. The van der Waals surface area contributed by atoms with E-state index in [-0.39, 0.29) is 0 Å². The van der Waals surface area contributed by atoms with Crippen molar-refractivity contribution in [3.8, 4) is 0 Å². The Morgan fingerprint density at radius 1 is 1.47 bits per heavy atom. The second-order valence-corrected chi connectivity index (χ2v) is 4.38. The van der Waals surface area contributed by atoms with Crippen LogP contribution in [0, 0.1) is 0 Å². The normalized spacial score (nSPS) is 14.6. The van der Waals surface area contributed by atoms with E-state index in [4.69, 9.17) is 0 Å². The molecule has 0 atom stereocenters. The van der Waals surface area contributed by atoms with Gasteiger partial charge < -0.3 is 9.88 Å². The lowest BCUT2D eigenvalue weighted by atomic mass is 10.0. The highest BCUT2D eigenvalue weighted by atomic mass is 15.1. The standard InChI is InChI=1S/C13H20N2/c1-3-8-15(2)10-11-9-14-13-7-5-4-6-12(11)13/h5,7,9,14H,3-4,6,8,10H2,1-2H3. The molecule has 0 radical (unpaired) electrons. The van der Waals surface area contributed by atoms with Gasteiger partial charge in [0.1, 0.15) is 0 Å². The minimum atomic E-state index is 1.08. The maximum atomic E-state index is 3.36. The first-order valence-corrected chi connectivity index (χ1v) is 5.85. The molecule has 82 valence electrons. The van der Waals surface area contributed by atoms with Crippen molar-refractivity contribution in [1.29, 1.82) is 0 Å². The van der Waals surface area contributed by atoms with Crippen LogP contribution in [0.15, 0.2) is 12.3 Å². The summed E-state index contributed by atoms with van der Waals surface area (Å²) in [7, 11) is 2.20. The number of nitrogens with zero attached hydrogens (tertiary/aromatic N) is 1. The van der Waals surface area contributed by atoms with E-state index in [1.807, 2.05) is 0 Å². The summed E-state index contributed by atoms with van der Waals surface area (Å²) in [5.74, 6) is 0. The number of hydrogen-bond donors (Lipinski definition) is 1. The molecular weight excluding hydrogens is 184 g/mol. The number of rotatable bonds is 4. The van der Waals surface area contributed by atoms with Gasteiger partial charge in [0.15, 0.2) is 0 Å². The van der Waals surface area contributed by atoms with Crippen molar-refractivity contribution >= 4 is 6.08 Å². The van der Waals surface area contributed by atoms with E-state index in [2.05, 4.69) is 42.2 Å². The first kappa shape index (κ1) is 10.5. The first-order valence-electron chi connectivity index (χ1n) is 5.85. The zero-order valence-electron chi connectivity index (χ0n) is 9.71. The molecule has 0 saturated carbocycles. The van der Waals surface area contributed by atoms with Gasteiger partial charge in [-0.15, -0.1) is 0 Å². The van der Waals surface area contributed by atoms with Crippen LogP contribution in [0.1, 0.15) is 36.6 Å². The molecule has 0 bridgehead atoms. The third-order valence-corrected chi connectivity index (χ3v) is 3.01. The molecule has 0 saturated heterocycles. The summed E-state index contributed by atoms with van der Waals surface area (Å²) in [4.78, 5) is 5.75. The molecule has 0 spiro atoms. The topological polar surface area (TPSA) is 19.0 Å². The summed E-state index contributed by atoms with van der Waals surface area (Å²) in [6.45, 7) is 4.48. The molecule has 15 heavy (non-hydrogen) atoms. The van der Waals surface area contributed by atoms with Crippen molar-refractivity contribution in [1.82, 2.24) is 9.88 Å². The van der Waals surface area contributed by atoms with Crippen LogP contribution in [0.2, 0.25) is 0 Å². The van der Waals surface area contributed by atoms with E-state index in [0.29, 0.717) is 0 Å². The molecule has 1 aliphatic carbocycles. The molecule has 0 aromatic carbocycles. The average Bonchev–Trinajstić information content (AvgIpc) is 2.62. The summed E-state index contributed by atoms with van der Waals surface area (Å²) in [5.41, 5.74) is 4.33. The molecule has 1 aliphatic rings. The average molecular weight is 204 g/mol. The third kappa shape index (κ3) is 2.32. The zero-order valence-corrected chi connectivity index (χ0v) is 9.71. The van der Waals surface area contributed by atoms with Gasteiger partial charge in [-0.05, 0) is 50.1 Å². The van der Waals surface area contributed by atoms with Crippen LogP contribution in [-0.4, -0.2) is 23.5 Å². The molecule has 0 amide bonds. The Morgan fingerprint density at radius 3 is 3.13 bits per heavy atom. The van der Waals surface area contributed by atoms with Gasteiger partial charge in [0.05, 0.1) is 0 Å². The quantitative estimate of drug-likeness (QED) is 0.799. The van der Waals surface area contributed by atoms with Gasteiger partial charge in [-0.25, -0.2) is 0 Å². The number of aromatic amines is 1. The summed E-state index contributed by atoms with van der Waals surface area (Å²) >= 11 is 0. The number of nitrogens with one attached hydrogen (secondary N) is 1. The molecule has 2 nitrogen and oxygen atoms in total. The van der Waals surface area contributed by atoms with Crippen molar-refractivity contribution in [2.45, 2.75) is 32.7 Å². The van der Waals surface area contributed by atoms with Crippen LogP contribution in [0.25, 0.3) is 6.08 Å². The van der Waals surface area contributed by atoms with Gasteiger partial charge in [0.25, 0.3) is 0 Å². The highest BCUT2D eigenvalue weighted by Gasteiger charge is 2.12. The van der Waals surface area contributed by atoms with E-state index in [1.165, 1.54) is 42.6 Å². The Balaban J connectivity index is 2.09. The van der Waals surface area contributed by atoms with E-state index in [1.54, 1.807) is 0 Å². The smallest absolute Gasteiger partial charge is 0.0413 e. The zero-order chi connectivity index (χ0) is 10.7. The number of hydrogen-bond acceptors (Lipinski definition) is 1. The number of fused-ring (bicyclic) bond motifs is 1. The van der Waals surface area contributed by atoms with Crippen molar-refractivity contribution in [3.63, 3.8) is 0 Å². The first-order chi connectivity index (χ1) is 7.31. The van der Waals surface area contributed by atoms with Crippen molar-refractivity contribution in [3.05, 3.63) is 29.1 Å². The van der Waals surface area contributed by atoms with Crippen LogP contribution >= 0.6 is 0 Å². The monoisotopic (exact) mass is 204 g/mol. The van der Waals surface area contributed by atoms with Gasteiger partial charge in [-0.3, -0.25) is 0 Å². The SMILES string of the molecule is CCCN(C)Cc1c[nH]c2c1CCC=C2. The molecule has 2 rings (SSSR count). The molecule has 1 aromatic heterocycles. The highest BCUT2D eigenvalue weighted by Crippen LogP contribution is 2.22. The van der Waals surface area contributed by atoms with Crippen molar-refractivity contribution < 1.29 is 0 Å². The Morgan fingerprint density at radius 2 is 2.33 bits per heavy atom. The number of H-pyrrole nitrogens is 1. The fourth-order valence-electron chi connectivity index (χ4n) is 2.28. The van der Waals surface area contributed by atoms with Crippen molar-refractivity contribution in [2.75, 3.05) is 13.6 Å². The molecule has 1 N–H and O–H groups in total. The molecule has 0 unspecified atom stereocenters.